The third-order valence-corrected chi connectivity index (χ3v) is 6.24. The number of hydrogen-bond donors (Lipinski definition) is 0. The van der Waals surface area contributed by atoms with Gasteiger partial charge in [-0.25, -0.2) is 0 Å². The Hall–Kier alpha value is -0.580. The average Bonchev–Trinajstić information content (AvgIpc) is 3.22. The molecule has 1 aliphatic carbocycles. The summed E-state index contributed by atoms with van der Waals surface area (Å²) < 4.78 is 0.856. The molecule has 3 aliphatic heterocycles. The number of carbonyl (C=O) groups is 1. The second kappa shape index (κ2) is 5.56. The molecule has 5 heteroatoms. The smallest absolute Gasteiger partial charge is 0.227 e. The molecule has 0 unspecified atom stereocenters. The standard InChI is InChI=1S/C16H21ClN2OS/c17-15-6-5-14(21-15)10-18-8-12-3-4-13(9-18)19(16(12)20)7-11-1-2-11/h5-6,11-13H,1-4,7-10H2/t12-,13+/m0/s1. The summed E-state index contributed by atoms with van der Waals surface area (Å²) in [5.74, 6) is 1.43. The van der Waals surface area contributed by atoms with Gasteiger partial charge in [-0.2, -0.15) is 0 Å². The molecule has 1 saturated carbocycles. The van der Waals surface area contributed by atoms with Crippen LogP contribution in [0.2, 0.25) is 4.34 Å². The summed E-state index contributed by atoms with van der Waals surface area (Å²) in [5.41, 5.74) is 0. The molecule has 21 heavy (non-hydrogen) atoms. The maximum Gasteiger partial charge on any atom is 0.227 e. The molecule has 3 nitrogen and oxygen atoms in total. The summed E-state index contributed by atoms with van der Waals surface area (Å²) in [6, 6.07) is 4.52. The summed E-state index contributed by atoms with van der Waals surface area (Å²) in [6.07, 6.45) is 4.90. The van der Waals surface area contributed by atoms with Crippen LogP contribution in [0.4, 0.5) is 0 Å². The largest absolute Gasteiger partial charge is 0.338 e. The van der Waals surface area contributed by atoms with Gasteiger partial charge in [-0.15, -0.1) is 11.3 Å². The minimum absolute atomic E-state index is 0.220. The van der Waals surface area contributed by atoms with E-state index in [0.717, 1.165) is 42.9 Å². The molecular formula is C16H21ClN2OS. The highest BCUT2D eigenvalue weighted by Gasteiger charge is 2.42. The minimum Gasteiger partial charge on any atom is -0.338 e. The van der Waals surface area contributed by atoms with Gasteiger partial charge >= 0.3 is 0 Å². The topological polar surface area (TPSA) is 23.6 Å². The third-order valence-electron chi connectivity index (χ3n) is 5.03. The Morgan fingerprint density at radius 2 is 2.05 bits per heavy atom. The van der Waals surface area contributed by atoms with E-state index in [2.05, 4.69) is 15.9 Å². The van der Waals surface area contributed by atoms with E-state index in [9.17, 15) is 4.79 Å². The van der Waals surface area contributed by atoms with E-state index < -0.39 is 0 Å². The zero-order valence-electron chi connectivity index (χ0n) is 12.1. The Morgan fingerprint density at radius 1 is 1.19 bits per heavy atom. The number of amides is 1. The maximum atomic E-state index is 12.7. The lowest BCUT2D eigenvalue weighted by atomic mass is 9.94. The SMILES string of the molecule is O=C1[C@H]2CC[C@H](CN(Cc3ccc(Cl)s3)C2)N1CC1CC1. The molecule has 114 valence electrons. The first-order chi connectivity index (χ1) is 10.2. The normalized spacial score (nSPS) is 30.0. The molecule has 2 atom stereocenters. The Kier molecular flexibility index (Phi) is 3.72. The van der Waals surface area contributed by atoms with E-state index in [4.69, 9.17) is 11.6 Å². The molecule has 3 saturated heterocycles. The number of thiophene rings is 1. The maximum absolute atomic E-state index is 12.7. The van der Waals surface area contributed by atoms with Gasteiger partial charge in [-0.1, -0.05) is 11.6 Å². The fourth-order valence-corrected chi connectivity index (χ4v) is 4.86. The second-order valence-electron chi connectivity index (χ2n) is 6.76. The van der Waals surface area contributed by atoms with E-state index in [1.807, 2.05) is 6.07 Å². The Labute approximate surface area is 134 Å². The van der Waals surface area contributed by atoms with Gasteiger partial charge in [-0.05, 0) is 43.7 Å². The van der Waals surface area contributed by atoms with Crippen molar-refractivity contribution < 1.29 is 4.79 Å². The van der Waals surface area contributed by atoms with Gasteiger partial charge < -0.3 is 4.90 Å². The van der Waals surface area contributed by atoms with Crippen LogP contribution in [-0.2, 0) is 11.3 Å². The van der Waals surface area contributed by atoms with Crippen molar-refractivity contribution in [3.05, 3.63) is 21.3 Å². The van der Waals surface area contributed by atoms with Gasteiger partial charge in [0.15, 0.2) is 0 Å². The minimum atomic E-state index is 0.220. The molecule has 0 radical (unpaired) electrons. The van der Waals surface area contributed by atoms with Crippen LogP contribution in [0.15, 0.2) is 12.1 Å². The molecule has 0 N–H and O–H groups in total. The van der Waals surface area contributed by atoms with Gasteiger partial charge in [0.25, 0.3) is 0 Å². The Bertz CT molecular complexity index is 542. The zero-order valence-corrected chi connectivity index (χ0v) is 13.7. The third kappa shape index (κ3) is 2.99. The second-order valence-corrected chi connectivity index (χ2v) is 8.56. The highest BCUT2D eigenvalue weighted by atomic mass is 35.5. The van der Waals surface area contributed by atoms with Gasteiger partial charge in [0, 0.05) is 37.1 Å². The number of halogens is 1. The average molecular weight is 325 g/mol. The molecular weight excluding hydrogens is 304 g/mol. The molecule has 4 heterocycles. The molecule has 0 aromatic carbocycles. The Morgan fingerprint density at radius 3 is 2.76 bits per heavy atom. The molecule has 4 fully saturated rings. The van der Waals surface area contributed by atoms with Crippen LogP contribution in [0.25, 0.3) is 0 Å². The molecule has 1 aromatic heterocycles. The van der Waals surface area contributed by atoms with Crippen LogP contribution in [0.5, 0.6) is 0 Å². The summed E-state index contributed by atoms with van der Waals surface area (Å²) >= 11 is 7.69. The molecule has 0 spiro atoms. The summed E-state index contributed by atoms with van der Waals surface area (Å²) in [5, 5.41) is 0. The highest BCUT2D eigenvalue weighted by Crippen LogP contribution is 2.36. The Balaban J connectivity index is 1.48. The number of nitrogens with zero attached hydrogens (tertiary/aromatic N) is 2. The van der Waals surface area contributed by atoms with Crippen LogP contribution < -0.4 is 0 Å². The lowest BCUT2D eigenvalue weighted by Gasteiger charge is -2.36. The number of carbonyl (C=O) groups excluding carboxylic acids is 1. The van der Waals surface area contributed by atoms with Crippen molar-refractivity contribution >= 4 is 28.8 Å². The van der Waals surface area contributed by atoms with Crippen LogP contribution in [0.3, 0.4) is 0 Å². The van der Waals surface area contributed by atoms with E-state index in [1.165, 1.54) is 24.1 Å². The van der Waals surface area contributed by atoms with Gasteiger partial charge in [0.05, 0.1) is 10.3 Å². The van der Waals surface area contributed by atoms with Crippen molar-refractivity contribution in [2.24, 2.45) is 11.8 Å². The fourth-order valence-electron chi connectivity index (χ4n) is 3.73. The monoisotopic (exact) mass is 324 g/mol. The van der Waals surface area contributed by atoms with Crippen molar-refractivity contribution in [2.45, 2.75) is 38.3 Å². The first-order valence-electron chi connectivity index (χ1n) is 7.96. The highest BCUT2D eigenvalue weighted by molar-refractivity contribution is 7.16. The number of piperidine rings is 1. The lowest BCUT2D eigenvalue weighted by molar-refractivity contribution is -0.140. The van der Waals surface area contributed by atoms with Crippen LogP contribution in [0, 0.1) is 11.8 Å². The van der Waals surface area contributed by atoms with E-state index in [0.29, 0.717) is 11.9 Å². The quantitative estimate of drug-likeness (QED) is 0.849. The summed E-state index contributed by atoms with van der Waals surface area (Å²) in [4.78, 5) is 18.6. The van der Waals surface area contributed by atoms with Gasteiger partial charge in [0.1, 0.15) is 0 Å². The van der Waals surface area contributed by atoms with Crippen molar-refractivity contribution in [3.8, 4) is 0 Å². The predicted octanol–water partition coefficient (Wildman–Crippen LogP) is 3.23. The summed E-state index contributed by atoms with van der Waals surface area (Å²) in [7, 11) is 0. The molecule has 2 bridgehead atoms. The molecule has 1 amide bonds. The van der Waals surface area contributed by atoms with Crippen molar-refractivity contribution in [1.82, 2.24) is 9.80 Å². The first kappa shape index (κ1) is 14.0. The van der Waals surface area contributed by atoms with E-state index >= 15 is 0 Å². The molecule has 1 aromatic rings. The van der Waals surface area contributed by atoms with E-state index in [-0.39, 0.29) is 5.92 Å². The van der Waals surface area contributed by atoms with Crippen LogP contribution in [-0.4, -0.2) is 41.4 Å². The van der Waals surface area contributed by atoms with Crippen LogP contribution >= 0.6 is 22.9 Å². The van der Waals surface area contributed by atoms with Gasteiger partial charge in [-0.3, -0.25) is 9.69 Å². The fraction of sp³-hybridized carbons (Fsp3) is 0.688. The van der Waals surface area contributed by atoms with Gasteiger partial charge in [0.2, 0.25) is 5.91 Å². The number of rotatable bonds is 4. The van der Waals surface area contributed by atoms with Crippen molar-refractivity contribution in [3.63, 3.8) is 0 Å². The molecule has 5 rings (SSSR count). The predicted molar refractivity (Wildman–Crippen MR) is 85.6 cm³/mol. The van der Waals surface area contributed by atoms with E-state index in [1.54, 1.807) is 11.3 Å². The van der Waals surface area contributed by atoms with Crippen molar-refractivity contribution in [2.75, 3.05) is 19.6 Å². The summed E-state index contributed by atoms with van der Waals surface area (Å²) in [6.45, 7) is 3.91. The van der Waals surface area contributed by atoms with Crippen LogP contribution in [0.1, 0.15) is 30.6 Å². The zero-order chi connectivity index (χ0) is 14.4. The first-order valence-corrected chi connectivity index (χ1v) is 9.15. The molecule has 4 aliphatic rings. The van der Waals surface area contributed by atoms with Crippen molar-refractivity contribution in [1.29, 1.82) is 0 Å². The lowest BCUT2D eigenvalue weighted by Crippen LogP contribution is -2.48. The number of fused-ring (bicyclic) bond motifs is 4. The number of hydrogen-bond acceptors (Lipinski definition) is 3.